The Kier molecular flexibility index (Phi) is 8.14. The van der Waals surface area contributed by atoms with Crippen molar-refractivity contribution in [2.75, 3.05) is 25.0 Å². The molecule has 1 amide bonds. The van der Waals surface area contributed by atoms with Crippen LogP contribution in [0.15, 0.2) is 36.5 Å². The number of benzene rings is 1. The SMILES string of the molecule is CNC(=O)c1cc(C(F)(F)F)cc(C(F)(F)F)c1.Cc1ccc(N2CCC(C)CC2)nc1. The first kappa shape index (κ1) is 25.5. The van der Waals surface area contributed by atoms with Crippen molar-refractivity contribution >= 4 is 11.7 Å². The highest BCUT2D eigenvalue weighted by Gasteiger charge is 2.37. The third-order valence-corrected chi connectivity index (χ3v) is 5.08. The van der Waals surface area contributed by atoms with E-state index < -0.39 is 35.0 Å². The molecule has 0 bridgehead atoms. The zero-order valence-electron chi connectivity index (χ0n) is 17.9. The number of rotatable bonds is 2. The Balaban J connectivity index is 0.000000233. The van der Waals surface area contributed by atoms with Gasteiger partial charge in [0.1, 0.15) is 5.82 Å². The van der Waals surface area contributed by atoms with Crippen LogP contribution in [0.25, 0.3) is 0 Å². The van der Waals surface area contributed by atoms with Gasteiger partial charge in [-0.2, -0.15) is 26.3 Å². The smallest absolute Gasteiger partial charge is 0.357 e. The van der Waals surface area contributed by atoms with Gasteiger partial charge in [-0.25, -0.2) is 4.98 Å². The number of amides is 1. The van der Waals surface area contributed by atoms with E-state index in [1.807, 2.05) is 11.5 Å². The van der Waals surface area contributed by atoms with Gasteiger partial charge in [-0.1, -0.05) is 13.0 Å². The van der Waals surface area contributed by atoms with Crippen LogP contribution in [0.1, 0.15) is 46.8 Å². The van der Waals surface area contributed by atoms with Crippen molar-refractivity contribution in [1.29, 1.82) is 0 Å². The number of carbonyl (C=O) groups is 1. The van der Waals surface area contributed by atoms with Gasteiger partial charge in [0.25, 0.3) is 5.91 Å². The Bertz CT molecular complexity index is 869. The minimum Gasteiger partial charge on any atom is -0.357 e. The molecule has 1 aliphatic rings. The summed E-state index contributed by atoms with van der Waals surface area (Å²) in [6, 6.07) is 4.97. The number of halogens is 6. The van der Waals surface area contributed by atoms with E-state index in [4.69, 9.17) is 0 Å². The molecule has 2 heterocycles. The van der Waals surface area contributed by atoms with Crippen molar-refractivity contribution in [2.45, 2.75) is 39.0 Å². The van der Waals surface area contributed by atoms with Gasteiger partial charge in [-0.05, 0) is 55.5 Å². The minimum absolute atomic E-state index is 0.0353. The van der Waals surface area contributed by atoms with Gasteiger partial charge in [-0.3, -0.25) is 4.79 Å². The van der Waals surface area contributed by atoms with Crippen molar-refractivity contribution in [1.82, 2.24) is 10.3 Å². The molecule has 0 atom stereocenters. The van der Waals surface area contributed by atoms with Crippen LogP contribution < -0.4 is 10.2 Å². The second kappa shape index (κ2) is 10.2. The first-order valence-electron chi connectivity index (χ1n) is 10.0. The summed E-state index contributed by atoms with van der Waals surface area (Å²) in [5.41, 5.74) is -2.49. The van der Waals surface area contributed by atoms with Crippen LogP contribution in [0.2, 0.25) is 0 Å². The molecule has 0 unspecified atom stereocenters. The largest absolute Gasteiger partial charge is 0.416 e. The third-order valence-electron chi connectivity index (χ3n) is 5.08. The van der Waals surface area contributed by atoms with Gasteiger partial charge in [0, 0.05) is 31.9 Å². The summed E-state index contributed by atoms with van der Waals surface area (Å²) in [4.78, 5) is 18.0. The number of aryl methyl sites for hydroxylation is 1. The lowest BCUT2D eigenvalue weighted by Gasteiger charge is -2.31. The van der Waals surface area contributed by atoms with Crippen LogP contribution in [0.4, 0.5) is 32.2 Å². The highest BCUT2D eigenvalue weighted by molar-refractivity contribution is 5.94. The number of hydrogen-bond acceptors (Lipinski definition) is 3. The van der Waals surface area contributed by atoms with Crippen LogP contribution in [0.3, 0.4) is 0 Å². The number of anilines is 1. The summed E-state index contributed by atoms with van der Waals surface area (Å²) in [6.07, 6.45) is -5.35. The summed E-state index contributed by atoms with van der Waals surface area (Å²) in [5.74, 6) is 1.01. The quantitative estimate of drug-likeness (QED) is 0.583. The number of piperidine rings is 1. The molecule has 176 valence electrons. The van der Waals surface area contributed by atoms with Gasteiger partial charge in [0.05, 0.1) is 11.1 Å². The molecule has 1 fully saturated rings. The van der Waals surface area contributed by atoms with E-state index >= 15 is 0 Å². The van der Waals surface area contributed by atoms with Gasteiger partial charge in [-0.15, -0.1) is 0 Å². The molecule has 0 spiro atoms. The Morgan fingerprint density at radius 1 is 1.00 bits per heavy atom. The van der Waals surface area contributed by atoms with E-state index in [0.29, 0.717) is 12.1 Å². The highest BCUT2D eigenvalue weighted by atomic mass is 19.4. The molecule has 0 saturated carbocycles. The number of nitrogens with one attached hydrogen (secondary N) is 1. The first-order chi connectivity index (χ1) is 14.8. The zero-order valence-corrected chi connectivity index (χ0v) is 17.9. The van der Waals surface area contributed by atoms with Crippen LogP contribution in [0, 0.1) is 12.8 Å². The average molecular weight is 461 g/mol. The Morgan fingerprint density at radius 3 is 1.94 bits per heavy atom. The average Bonchev–Trinajstić information content (AvgIpc) is 2.73. The molecule has 0 aliphatic carbocycles. The molecule has 1 N–H and O–H groups in total. The fraction of sp³-hybridized carbons (Fsp3) is 0.455. The molecular weight excluding hydrogens is 436 g/mol. The van der Waals surface area contributed by atoms with E-state index in [0.717, 1.165) is 31.9 Å². The van der Waals surface area contributed by atoms with Crippen LogP contribution in [-0.4, -0.2) is 31.0 Å². The highest BCUT2D eigenvalue weighted by Crippen LogP contribution is 2.36. The predicted octanol–water partition coefficient (Wildman–Crippen LogP) is 5.71. The third kappa shape index (κ3) is 7.13. The second-order valence-corrected chi connectivity index (χ2v) is 7.74. The number of nitrogens with zero attached hydrogens (tertiary/aromatic N) is 2. The Morgan fingerprint density at radius 2 is 1.53 bits per heavy atom. The first-order valence-corrected chi connectivity index (χ1v) is 10.0. The fourth-order valence-electron chi connectivity index (χ4n) is 3.12. The molecule has 10 heteroatoms. The Hall–Kier alpha value is -2.78. The Labute approximate surface area is 182 Å². The molecule has 0 radical (unpaired) electrons. The maximum Gasteiger partial charge on any atom is 0.416 e. The van der Waals surface area contributed by atoms with Gasteiger partial charge in [0.2, 0.25) is 0 Å². The number of pyridine rings is 1. The van der Waals surface area contributed by atoms with E-state index in [1.165, 1.54) is 18.4 Å². The lowest BCUT2D eigenvalue weighted by atomic mass is 9.99. The maximum atomic E-state index is 12.4. The van der Waals surface area contributed by atoms with E-state index in [9.17, 15) is 31.1 Å². The molecule has 1 aliphatic heterocycles. The molecule has 1 aromatic heterocycles. The van der Waals surface area contributed by atoms with Crippen LogP contribution >= 0.6 is 0 Å². The molecule has 32 heavy (non-hydrogen) atoms. The summed E-state index contributed by atoms with van der Waals surface area (Å²) in [7, 11) is 1.11. The van der Waals surface area contributed by atoms with Crippen molar-refractivity contribution in [3.8, 4) is 0 Å². The van der Waals surface area contributed by atoms with E-state index in [-0.39, 0.29) is 6.07 Å². The van der Waals surface area contributed by atoms with Crippen LogP contribution in [0.5, 0.6) is 0 Å². The molecule has 3 rings (SSSR count). The van der Waals surface area contributed by atoms with Crippen molar-refractivity contribution in [3.05, 3.63) is 58.8 Å². The second-order valence-electron chi connectivity index (χ2n) is 7.74. The molecule has 1 saturated heterocycles. The monoisotopic (exact) mass is 461 g/mol. The minimum atomic E-state index is -4.95. The van der Waals surface area contributed by atoms with Gasteiger partial charge in [0.15, 0.2) is 0 Å². The normalized spacial score (nSPS) is 15.1. The van der Waals surface area contributed by atoms with E-state index in [2.05, 4.69) is 35.9 Å². The number of carbonyl (C=O) groups excluding carboxylic acids is 1. The topological polar surface area (TPSA) is 45.2 Å². The standard InChI is InChI=1S/C12H18N2.C10H7F6NO/c1-10-5-7-14(8-6-10)12-4-3-11(2)9-13-12;1-17-8(18)5-2-6(9(11,12)13)4-7(3-5)10(14,15)16/h3-4,9-10H,5-8H2,1-2H3;2-4H,1H3,(H,17,18). The van der Waals surface area contributed by atoms with Crippen molar-refractivity contribution < 1.29 is 31.1 Å². The molecule has 1 aromatic carbocycles. The lowest BCUT2D eigenvalue weighted by molar-refractivity contribution is -0.143. The molecule has 2 aromatic rings. The fourth-order valence-corrected chi connectivity index (χ4v) is 3.12. The summed E-state index contributed by atoms with van der Waals surface area (Å²) >= 11 is 0. The van der Waals surface area contributed by atoms with Gasteiger partial charge >= 0.3 is 12.4 Å². The molecule has 4 nitrogen and oxygen atoms in total. The number of alkyl halides is 6. The van der Waals surface area contributed by atoms with Crippen molar-refractivity contribution in [2.24, 2.45) is 5.92 Å². The lowest BCUT2D eigenvalue weighted by Crippen LogP contribution is -2.33. The van der Waals surface area contributed by atoms with Crippen LogP contribution in [-0.2, 0) is 12.4 Å². The van der Waals surface area contributed by atoms with Crippen molar-refractivity contribution in [3.63, 3.8) is 0 Å². The van der Waals surface area contributed by atoms with Gasteiger partial charge < -0.3 is 10.2 Å². The number of hydrogen-bond donors (Lipinski definition) is 1. The summed E-state index contributed by atoms with van der Waals surface area (Å²) < 4.78 is 74.4. The summed E-state index contributed by atoms with van der Waals surface area (Å²) in [5, 5.41) is 1.96. The maximum absolute atomic E-state index is 12.4. The predicted molar refractivity (Wildman–Crippen MR) is 109 cm³/mol. The molecular formula is C22H25F6N3O. The van der Waals surface area contributed by atoms with E-state index in [1.54, 1.807) is 0 Å². The zero-order chi connectivity index (χ0) is 24.1. The number of aromatic nitrogens is 1. The summed E-state index contributed by atoms with van der Waals surface area (Å²) in [6.45, 7) is 6.74.